The van der Waals surface area contributed by atoms with E-state index in [0.29, 0.717) is 10.8 Å². The summed E-state index contributed by atoms with van der Waals surface area (Å²) in [4.78, 5) is 11.1. The number of rotatable bonds is 5. The van der Waals surface area contributed by atoms with Gasteiger partial charge in [0.05, 0.1) is 0 Å². The number of carboxylic acid groups (broad SMARTS) is 1. The molecule has 1 heterocycles. The van der Waals surface area contributed by atoms with E-state index in [-0.39, 0.29) is 15.1 Å². The number of nitrogens with one attached hydrogen (secondary N) is 1. The van der Waals surface area contributed by atoms with Crippen molar-refractivity contribution in [2.45, 2.75) is 48.1 Å². The first-order chi connectivity index (χ1) is 9.83. The third-order valence-electron chi connectivity index (χ3n) is 3.64. The van der Waals surface area contributed by atoms with Crippen LogP contribution < -0.4 is 4.72 Å². The third-order valence-corrected chi connectivity index (χ3v) is 7.95. The molecule has 1 aromatic rings. The molecule has 0 aliphatic heterocycles. The summed E-state index contributed by atoms with van der Waals surface area (Å²) in [6, 6.07) is 1.38. The molecule has 0 spiro atoms. The first-order valence-corrected chi connectivity index (χ1v) is 10.3. The van der Waals surface area contributed by atoms with Gasteiger partial charge in [-0.25, -0.2) is 17.9 Å². The Morgan fingerprint density at radius 3 is 2.76 bits per heavy atom. The number of aromatic carboxylic acids is 1. The second-order valence-corrected chi connectivity index (χ2v) is 9.36. The van der Waals surface area contributed by atoms with E-state index in [1.165, 1.54) is 6.07 Å². The zero-order valence-corrected chi connectivity index (χ0v) is 14.4. The van der Waals surface area contributed by atoms with Crippen molar-refractivity contribution in [3.8, 4) is 0 Å². The first-order valence-electron chi connectivity index (χ1n) is 6.72. The number of thiophene rings is 1. The molecule has 1 fully saturated rings. The molecule has 0 radical (unpaired) electrons. The molecule has 118 valence electrons. The Labute approximate surface area is 133 Å². The highest BCUT2D eigenvalue weighted by Crippen LogP contribution is 2.30. The largest absolute Gasteiger partial charge is 0.477 e. The number of hydrogen-bond acceptors (Lipinski definition) is 5. The van der Waals surface area contributed by atoms with Crippen LogP contribution in [0.2, 0.25) is 0 Å². The van der Waals surface area contributed by atoms with Crippen LogP contribution in [-0.2, 0) is 10.0 Å². The van der Waals surface area contributed by atoms with Gasteiger partial charge in [0, 0.05) is 11.3 Å². The van der Waals surface area contributed by atoms with Gasteiger partial charge in [-0.1, -0.05) is 6.42 Å². The summed E-state index contributed by atoms with van der Waals surface area (Å²) in [7, 11) is -3.63. The number of thioether (sulfide) groups is 1. The fourth-order valence-electron chi connectivity index (χ4n) is 2.54. The molecule has 5 nitrogen and oxygen atoms in total. The van der Waals surface area contributed by atoms with E-state index >= 15 is 0 Å². The van der Waals surface area contributed by atoms with Gasteiger partial charge in [0.25, 0.3) is 0 Å². The molecule has 2 atom stereocenters. The fraction of sp³-hybridized carbons (Fsp3) is 0.615. The standard InChI is InChI=1S/C13H19NO4S3/c1-8-6-11(20-12(8)13(15)16)21(17,18)14-9-4-3-5-10(7-9)19-2/h6,9-10,14H,3-5,7H2,1-2H3,(H,15,16). The maximum Gasteiger partial charge on any atom is 0.346 e. The van der Waals surface area contributed by atoms with Crippen molar-refractivity contribution < 1.29 is 18.3 Å². The minimum absolute atomic E-state index is 0.0584. The summed E-state index contributed by atoms with van der Waals surface area (Å²) < 4.78 is 27.6. The summed E-state index contributed by atoms with van der Waals surface area (Å²) in [5, 5.41) is 9.52. The third kappa shape index (κ3) is 4.00. The van der Waals surface area contributed by atoms with Crippen molar-refractivity contribution in [2.24, 2.45) is 0 Å². The number of aryl methyl sites for hydroxylation is 1. The Hall–Kier alpha value is -0.570. The van der Waals surface area contributed by atoms with Crippen LogP contribution in [0.3, 0.4) is 0 Å². The summed E-state index contributed by atoms with van der Waals surface area (Å²) >= 11 is 2.59. The average molecular weight is 349 g/mol. The van der Waals surface area contributed by atoms with Gasteiger partial charge in [-0.2, -0.15) is 11.8 Å². The Morgan fingerprint density at radius 1 is 1.48 bits per heavy atom. The molecule has 21 heavy (non-hydrogen) atoms. The van der Waals surface area contributed by atoms with Crippen molar-refractivity contribution in [1.29, 1.82) is 0 Å². The Kier molecular flexibility index (Phi) is 5.34. The predicted molar refractivity (Wildman–Crippen MR) is 85.9 cm³/mol. The van der Waals surface area contributed by atoms with Gasteiger partial charge < -0.3 is 5.11 Å². The molecule has 1 aromatic heterocycles. The predicted octanol–water partition coefficient (Wildman–Crippen LogP) is 2.71. The maximum atomic E-state index is 12.4. The molecule has 0 bridgehead atoms. The normalized spacial score (nSPS) is 23.1. The van der Waals surface area contributed by atoms with Crippen molar-refractivity contribution in [3.05, 3.63) is 16.5 Å². The Morgan fingerprint density at radius 2 is 2.19 bits per heavy atom. The molecule has 1 saturated carbocycles. The van der Waals surface area contributed by atoms with Crippen LogP contribution in [0.1, 0.15) is 40.9 Å². The van der Waals surface area contributed by atoms with Crippen molar-refractivity contribution in [1.82, 2.24) is 4.72 Å². The lowest BCUT2D eigenvalue weighted by Crippen LogP contribution is -2.38. The highest BCUT2D eigenvalue weighted by atomic mass is 32.2. The maximum absolute atomic E-state index is 12.4. The second kappa shape index (κ2) is 6.68. The molecule has 2 N–H and O–H groups in total. The van der Waals surface area contributed by atoms with Gasteiger partial charge in [0.1, 0.15) is 9.09 Å². The van der Waals surface area contributed by atoms with Crippen LogP contribution in [0.4, 0.5) is 0 Å². The van der Waals surface area contributed by atoms with Gasteiger partial charge in [-0.3, -0.25) is 0 Å². The fourth-order valence-corrected chi connectivity index (χ4v) is 6.05. The van der Waals surface area contributed by atoms with Gasteiger partial charge in [-0.05, 0) is 44.1 Å². The van der Waals surface area contributed by atoms with E-state index in [2.05, 4.69) is 4.72 Å². The van der Waals surface area contributed by atoms with Crippen LogP contribution in [0.25, 0.3) is 0 Å². The molecule has 0 aromatic carbocycles. The molecule has 2 rings (SSSR count). The molecule has 2 unspecified atom stereocenters. The second-order valence-electron chi connectivity index (χ2n) is 5.23. The van der Waals surface area contributed by atoms with E-state index in [1.54, 1.807) is 18.7 Å². The zero-order chi connectivity index (χ0) is 15.6. The van der Waals surface area contributed by atoms with E-state index in [9.17, 15) is 13.2 Å². The van der Waals surface area contributed by atoms with Crippen LogP contribution in [0, 0.1) is 6.92 Å². The lowest BCUT2D eigenvalue weighted by Gasteiger charge is -2.28. The number of hydrogen-bond donors (Lipinski definition) is 2. The molecule has 8 heteroatoms. The van der Waals surface area contributed by atoms with Gasteiger partial charge >= 0.3 is 5.97 Å². The minimum Gasteiger partial charge on any atom is -0.477 e. The lowest BCUT2D eigenvalue weighted by molar-refractivity contribution is 0.0701. The van der Waals surface area contributed by atoms with Crippen LogP contribution in [0.5, 0.6) is 0 Å². The van der Waals surface area contributed by atoms with E-state index < -0.39 is 16.0 Å². The monoisotopic (exact) mass is 349 g/mol. The number of carbonyl (C=O) groups is 1. The van der Waals surface area contributed by atoms with Gasteiger partial charge in [-0.15, -0.1) is 11.3 Å². The lowest BCUT2D eigenvalue weighted by atomic mass is 9.96. The average Bonchev–Trinajstić information content (AvgIpc) is 2.81. The Balaban J connectivity index is 2.15. The SMILES string of the molecule is CSC1CCCC(NS(=O)(=O)c2cc(C)c(C(=O)O)s2)C1. The van der Waals surface area contributed by atoms with E-state index in [1.807, 2.05) is 6.26 Å². The number of carboxylic acids is 1. The first kappa shape index (κ1) is 16.8. The number of sulfonamides is 1. The summed E-state index contributed by atoms with van der Waals surface area (Å²) in [6.07, 6.45) is 5.86. The van der Waals surface area contributed by atoms with Crippen molar-refractivity contribution in [2.75, 3.05) is 6.26 Å². The summed E-state index contributed by atoms with van der Waals surface area (Å²) in [5.41, 5.74) is 0.485. The zero-order valence-electron chi connectivity index (χ0n) is 12.0. The molecular weight excluding hydrogens is 330 g/mol. The smallest absolute Gasteiger partial charge is 0.346 e. The quantitative estimate of drug-likeness (QED) is 0.854. The molecular formula is C13H19NO4S3. The van der Waals surface area contributed by atoms with E-state index in [0.717, 1.165) is 37.0 Å². The van der Waals surface area contributed by atoms with Crippen LogP contribution >= 0.6 is 23.1 Å². The molecule has 0 amide bonds. The molecule has 1 aliphatic rings. The van der Waals surface area contributed by atoms with Crippen molar-refractivity contribution in [3.63, 3.8) is 0 Å². The highest BCUT2D eigenvalue weighted by molar-refractivity contribution is 7.99. The van der Waals surface area contributed by atoms with E-state index in [4.69, 9.17) is 5.11 Å². The summed E-state index contributed by atoms with van der Waals surface area (Å²) in [6.45, 7) is 1.61. The minimum atomic E-state index is -3.63. The highest BCUT2D eigenvalue weighted by Gasteiger charge is 2.28. The molecule has 0 saturated heterocycles. The van der Waals surface area contributed by atoms with Gasteiger partial charge in [0.15, 0.2) is 0 Å². The van der Waals surface area contributed by atoms with Crippen molar-refractivity contribution >= 4 is 39.1 Å². The van der Waals surface area contributed by atoms with Crippen LogP contribution in [0.15, 0.2) is 10.3 Å². The summed E-state index contributed by atoms with van der Waals surface area (Å²) in [5.74, 6) is -1.08. The van der Waals surface area contributed by atoms with Crippen LogP contribution in [-0.4, -0.2) is 37.0 Å². The van der Waals surface area contributed by atoms with Gasteiger partial charge in [0.2, 0.25) is 10.0 Å². The Bertz CT molecular complexity index is 623. The topological polar surface area (TPSA) is 83.5 Å². The molecule has 1 aliphatic carbocycles.